The van der Waals surface area contributed by atoms with Crippen molar-refractivity contribution < 1.29 is 18.7 Å². The van der Waals surface area contributed by atoms with Crippen molar-refractivity contribution in [2.75, 3.05) is 5.32 Å². The molecule has 4 aromatic rings. The molecule has 0 fully saturated rings. The quantitative estimate of drug-likeness (QED) is 0.526. The number of nitrogens with one attached hydrogen (secondary N) is 1. The summed E-state index contributed by atoms with van der Waals surface area (Å²) < 4.78 is 11.1. The lowest BCUT2D eigenvalue weighted by Crippen LogP contribution is -2.11. The van der Waals surface area contributed by atoms with E-state index in [9.17, 15) is 4.79 Å². The minimum atomic E-state index is -0.393. The highest BCUT2D eigenvalue weighted by Gasteiger charge is 2.15. The number of benzene rings is 2. The standard InChI is InChI=1S/C20H14ClNO4/c21-15-7-5-13(18-8-6-14(11-23)25-18)9-16(15)22-20(24)19-10-12-3-1-2-4-17(12)26-19/h1-10,23H,11H2,(H,22,24). The SMILES string of the molecule is O=C(Nc1cc(-c2ccc(CO)o2)ccc1Cl)c1cc2ccccc2o1. The zero-order chi connectivity index (χ0) is 18.1. The van der Waals surface area contributed by atoms with Gasteiger partial charge in [-0.1, -0.05) is 29.8 Å². The number of amides is 1. The first kappa shape index (κ1) is 16.4. The summed E-state index contributed by atoms with van der Waals surface area (Å²) in [5.41, 5.74) is 1.81. The molecule has 0 atom stereocenters. The molecule has 0 bridgehead atoms. The van der Waals surface area contributed by atoms with E-state index in [0.717, 1.165) is 10.9 Å². The Morgan fingerprint density at radius 2 is 1.88 bits per heavy atom. The van der Waals surface area contributed by atoms with Crippen molar-refractivity contribution in [3.8, 4) is 11.3 Å². The Bertz CT molecular complexity index is 1060. The van der Waals surface area contributed by atoms with Gasteiger partial charge in [0.25, 0.3) is 5.91 Å². The van der Waals surface area contributed by atoms with Crippen LogP contribution in [-0.2, 0) is 6.61 Å². The van der Waals surface area contributed by atoms with Gasteiger partial charge in [0, 0.05) is 10.9 Å². The number of rotatable bonds is 4. The van der Waals surface area contributed by atoms with E-state index in [0.29, 0.717) is 27.8 Å². The fraction of sp³-hybridized carbons (Fsp3) is 0.0500. The lowest BCUT2D eigenvalue weighted by atomic mass is 10.1. The molecule has 2 aromatic heterocycles. The van der Waals surface area contributed by atoms with Crippen molar-refractivity contribution in [1.29, 1.82) is 0 Å². The van der Waals surface area contributed by atoms with Gasteiger partial charge in [0.15, 0.2) is 5.76 Å². The first-order chi connectivity index (χ1) is 12.6. The largest absolute Gasteiger partial charge is 0.459 e. The van der Waals surface area contributed by atoms with E-state index in [1.165, 1.54) is 0 Å². The van der Waals surface area contributed by atoms with Crippen molar-refractivity contribution in [3.63, 3.8) is 0 Å². The highest BCUT2D eigenvalue weighted by molar-refractivity contribution is 6.34. The molecular weight excluding hydrogens is 354 g/mol. The molecule has 5 nitrogen and oxygen atoms in total. The molecule has 0 saturated heterocycles. The summed E-state index contributed by atoms with van der Waals surface area (Å²) in [4.78, 5) is 12.5. The molecule has 0 saturated carbocycles. The predicted octanol–water partition coefficient (Wildman–Crippen LogP) is 5.09. The lowest BCUT2D eigenvalue weighted by Gasteiger charge is -2.07. The van der Waals surface area contributed by atoms with E-state index in [4.69, 9.17) is 25.5 Å². The maximum Gasteiger partial charge on any atom is 0.291 e. The number of furan rings is 2. The molecule has 0 spiro atoms. The Morgan fingerprint density at radius 1 is 1.04 bits per heavy atom. The van der Waals surface area contributed by atoms with Crippen LogP contribution in [0.5, 0.6) is 0 Å². The molecule has 0 unspecified atom stereocenters. The molecule has 0 aliphatic rings. The van der Waals surface area contributed by atoms with Crippen LogP contribution in [-0.4, -0.2) is 11.0 Å². The summed E-state index contributed by atoms with van der Waals surface area (Å²) in [6, 6.07) is 17.7. The topological polar surface area (TPSA) is 75.6 Å². The fourth-order valence-corrected chi connectivity index (χ4v) is 2.83. The Morgan fingerprint density at radius 3 is 2.65 bits per heavy atom. The van der Waals surface area contributed by atoms with Crippen molar-refractivity contribution in [2.24, 2.45) is 0 Å². The van der Waals surface area contributed by atoms with Crippen molar-refractivity contribution in [2.45, 2.75) is 6.61 Å². The molecule has 2 aromatic carbocycles. The Labute approximate surface area is 153 Å². The van der Waals surface area contributed by atoms with Gasteiger partial charge in [-0.25, -0.2) is 0 Å². The minimum Gasteiger partial charge on any atom is -0.459 e. The Hall–Kier alpha value is -3.02. The van der Waals surface area contributed by atoms with E-state index in [-0.39, 0.29) is 12.4 Å². The van der Waals surface area contributed by atoms with Crippen LogP contribution in [0.2, 0.25) is 5.02 Å². The van der Waals surface area contributed by atoms with Gasteiger partial charge in [0.1, 0.15) is 23.7 Å². The molecule has 6 heteroatoms. The van der Waals surface area contributed by atoms with Gasteiger partial charge >= 0.3 is 0 Å². The molecular formula is C20H14ClNO4. The van der Waals surface area contributed by atoms with Crippen molar-refractivity contribution in [3.05, 3.63) is 77.2 Å². The number of aliphatic hydroxyl groups is 1. The summed E-state index contributed by atoms with van der Waals surface area (Å²) in [6.07, 6.45) is 0. The number of halogens is 1. The number of fused-ring (bicyclic) bond motifs is 1. The van der Waals surface area contributed by atoms with Crippen LogP contribution in [0.25, 0.3) is 22.3 Å². The van der Waals surface area contributed by atoms with E-state index >= 15 is 0 Å². The van der Waals surface area contributed by atoms with Gasteiger partial charge < -0.3 is 19.3 Å². The number of hydrogen-bond donors (Lipinski definition) is 2. The van der Waals surface area contributed by atoms with E-state index in [2.05, 4.69) is 5.32 Å². The van der Waals surface area contributed by atoms with Crippen LogP contribution in [0, 0.1) is 0 Å². The van der Waals surface area contributed by atoms with Gasteiger partial charge in [-0.15, -0.1) is 0 Å². The number of hydrogen-bond acceptors (Lipinski definition) is 4. The normalized spacial score (nSPS) is 11.0. The number of carbonyl (C=O) groups is 1. The first-order valence-corrected chi connectivity index (χ1v) is 8.31. The van der Waals surface area contributed by atoms with Crippen LogP contribution in [0.4, 0.5) is 5.69 Å². The van der Waals surface area contributed by atoms with Crippen molar-refractivity contribution in [1.82, 2.24) is 0 Å². The second-order valence-electron chi connectivity index (χ2n) is 5.72. The molecule has 130 valence electrons. The van der Waals surface area contributed by atoms with Crippen LogP contribution in [0.15, 0.2) is 69.5 Å². The predicted molar refractivity (Wildman–Crippen MR) is 99.2 cm³/mol. The second kappa shape index (κ2) is 6.71. The third kappa shape index (κ3) is 3.10. The molecule has 0 aliphatic carbocycles. The zero-order valence-corrected chi connectivity index (χ0v) is 14.3. The zero-order valence-electron chi connectivity index (χ0n) is 13.5. The van der Waals surface area contributed by atoms with Gasteiger partial charge in [-0.2, -0.15) is 0 Å². The van der Waals surface area contributed by atoms with E-state index in [1.54, 1.807) is 42.5 Å². The molecule has 2 N–H and O–H groups in total. The monoisotopic (exact) mass is 367 g/mol. The van der Waals surface area contributed by atoms with Gasteiger partial charge in [0.05, 0.1) is 10.7 Å². The first-order valence-electron chi connectivity index (χ1n) is 7.93. The number of anilines is 1. The van der Waals surface area contributed by atoms with Crippen LogP contribution in [0.1, 0.15) is 16.3 Å². The fourth-order valence-electron chi connectivity index (χ4n) is 2.67. The van der Waals surface area contributed by atoms with Gasteiger partial charge in [-0.3, -0.25) is 4.79 Å². The average Bonchev–Trinajstić information content (AvgIpc) is 3.30. The Kier molecular flexibility index (Phi) is 4.24. The van der Waals surface area contributed by atoms with Crippen LogP contribution >= 0.6 is 11.6 Å². The molecule has 1 amide bonds. The third-order valence-electron chi connectivity index (χ3n) is 3.97. The molecule has 0 aliphatic heterocycles. The van der Waals surface area contributed by atoms with Gasteiger partial charge in [-0.05, 0) is 42.5 Å². The molecule has 0 radical (unpaired) electrons. The van der Waals surface area contributed by atoms with Crippen LogP contribution in [0.3, 0.4) is 0 Å². The van der Waals surface area contributed by atoms with Crippen LogP contribution < -0.4 is 5.32 Å². The highest BCUT2D eigenvalue weighted by atomic mass is 35.5. The van der Waals surface area contributed by atoms with Crippen molar-refractivity contribution >= 4 is 34.2 Å². The summed E-state index contributed by atoms with van der Waals surface area (Å²) in [5, 5.41) is 13.1. The van der Waals surface area contributed by atoms with E-state index in [1.807, 2.05) is 18.2 Å². The molecule has 26 heavy (non-hydrogen) atoms. The summed E-state index contributed by atoms with van der Waals surface area (Å²) in [5.74, 6) is 0.844. The second-order valence-corrected chi connectivity index (χ2v) is 6.13. The smallest absolute Gasteiger partial charge is 0.291 e. The van der Waals surface area contributed by atoms with E-state index < -0.39 is 5.91 Å². The molecule has 4 rings (SSSR count). The number of aliphatic hydroxyl groups excluding tert-OH is 1. The average molecular weight is 368 g/mol. The highest BCUT2D eigenvalue weighted by Crippen LogP contribution is 2.30. The maximum atomic E-state index is 12.5. The minimum absolute atomic E-state index is 0.177. The molecule has 2 heterocycles. The maximum absolute atomic E-state index is 12.5. The Balaban J connectivity index is 1.62. The third-order valence-corrected chi connectivity index (χ3v) is 4.30. The summed E-state index contributed by atoms with van der Waals surface area (Å²) in [7, 11) is 0. The number of para-hydroxylation sites is 1. The summed E-state index contributed by atoms with van der Waals surface area (Å²) in [6.45, 7) is -0.177. The summed E-state index contributed by atoms with van der Waals surface area (Å²) >= 11 is 6.21. The van der Waals surface area contributed by atoms with Gasteiger partial charge in [0.2, 0.25) is 0 Å². The number of carbonyl (C=O) groups excluding carboxylic acids is 1. The lowest BCUT2D eigenvalue weighted by molar-refractivity contribution is 0.0998.